The predicted octanol–water partition coefficient (Wildman–Crippen LogP) is 6.33. The SMILES string of the molecule is CCCCCCCCCC(=O)OCCOCCOCCOCCOCCOCCOCCOCCNC(=O)OCC1c2ccccc2-c2ccccc21. The first kappa shape index (κ1) is 44.3. The van der Waals surface area contributed by atoms with E-state index in [-0.39, 0.29) is 25.1 Å². The van der Waals surface area contributed by atoms with Gasteiger partial charge in [0.1, 0.15) is 13.2 Å². The van der Waals surface area contributed by atoms with E-state index in [1.807, 2.05) is 24.3 Å². The summed E-state index contributed by atoms with van der Waals surface area (Å²) in [6.07, 6.45) is 8.31. The Morgan fingerprint density at radius 1 is 0.509 bits per heavy atom. The molecule has 0 radical (unpaired) electrons. The van der Waals surface area contributed by atoms with Gasteiger partial charge in [-0.05, 0) is 28.7 Å². The number of hydrogen-bond acceptors (Lipinski definition) is 11. The monoisotopic (exact) mass is 745 g/mol. The number of carbonyl (C=O) groups is 2. The van der Waals surface area contributed by atoms with Crippen molar-refractivity contribution in [2.75, 3.05) is 112 Å². The zero-order valence-electron chi connectivity index (χ0n) is 31.9. The second-order valence-electron chi connectivity index (χ2n) is 12.6. The van der Waals surface area contributed by atoms with Gasteiger partial charge in [0.25, 0.3) is 0 Å². The topological polar surface area (TPSA) is 129 Å². The van der Waals surface area contributed by atoms with E-state index in [1.54, 1.807) is 0 Å². The summed E-state index contributed by atoms with van der Waals surface area (Å²) in [6.45, 7) is 9.45. The Hall–Kier alpha value is -3.10. The Bertz CT molecular complexity index is 1180. The highest BCUT2D eigenvalue weighted by Gasteiger charge is 2.28. The molecule has 0 saturated heterocycles. The average Bonchev–Trinajstić information content (AvgIpc) is 3.50. The van der Waals surface area contributed by atoms with Gasteiger partial charge in [-0.2, -0.15) is 0 Å². The molecule has 12 nitrogen and oxygen atoms in total. The minimum Gasteiger partial charge on any atom is -0.463 e. The van der Waals surface area contributed by atoms with Crippen LogP contribution in [0.2, 0.25) is 0 Å². The minimum absolute atomic E-state index is 0.0364. The number of hydrogen-bond donors (Lipinski definition) is 1. The first-order chi connectivity index (χ1) is 26.2. The summed E-state index contributed by atoms with van der Waals surface area (Å²) in [6, 6.07) is 16.5. The number of esters is 1. The van der Waals surface area contributed by atoms with Crippen molar-refractivity contribution in [1.82, 2.24) is 5.32 Å². The van der Waals surface area contributed by atoms with Gasteiger partial charge in [0.2, 0.25) is 0 Å². The van der Waals surface area contributed by atoms with Crippen molar-refractivity contribution < 1.29 is 52.2 Å². The van der Waals surface area contributed by atoms with Gasteiger partial charge in [0.15, 0.2) is 0 Å². The maximum absolute atomic E-state index is 12.2. The molecule has 0 unspecified atom stereocenters. The maximum atomic E-state index is 12.2. The molecule has 53 heavy (non-hydrogen) atoms. The molecule has 12 heteroatoms. The van der Waals surface area contributed by atoms with Crippen LogP contribution in [0.1, 0.15) is 75.3 Å². The van der Waals surface area contributed by atoms with Crippen molar-refractivity contribution >= 4 is 12.1 Å². The molecule has 2 aromatic rings. The van der Waals surface area contributed by atoms with E-state index in [0.29, 0.717) is 105 Å². The predicted molar refractivity (Wildman–Crippen MR) is 202 cm³/mol. The molecule has 0 atom stereocenters. The molecule has 1 N–H and O–H groups in total. The number of alkyl carbamates (subject to hydrolysis) is 1. The molecule has 0 bridgehead atoms. The molecule has 0 spiro atoms. The summed E-state index contributed by atoms with van der Waals surface area (Å²) in [7, 11) is 0. The summed E-state index contributed by atoms with van der Waals surface area (Å²) in [4.78, 5) is 24.0. The number of fused-ring (bicyclic) bond motifs is 3. The second kappa shape index (κ2) is 30.3. The number of carbonyl (C=O) groups excluding carboxylic acids is 2. The summed E-state index contributed by atoms with van der Waals surface area (Å²) < 4.78 is 49.2. The highest BCUT2D eigenvalue weighted by molar-refractivity contribution is 5.79. The molecular formula is C41H63NO11. The van der Waals surface area contributed by atoms with Crippen molar-refractivity contribution in [2.24, 2.45) is 0 Å². The van der Waals surface area contributed by atoms with Gasteiger partial charge < -0.3 is 47.9 Å². The lowest BCUT2D eigenvalue weighted by Crippen LogP contribution is -2.29. The smallest absolute Gasteiger partial charge is 0.407 e. The van der Waals surface area contributed by atoms with Crippen molar-refractivity contribution in [3.63, 3.8) is 0 Å². The van der Waals surface area contributed by atoms with E-state index in [4.69, 9.17) is 42.6 Å². The van der Waals surface area contributed by atoms with Crippen LogP contribution < -0.4 is 5.32 Å². The summed E-state index contributed by atoms with van der Waals surface area (Å²) in [5.41, 5.74) is 4.77. The third kappa shape index (κ3) is 20.2. The van der Waals surface area contributed by atoms with Crippen LogP contribution in [0.3, 0.4) is 0 Å². The van der Waals surface area contributed by atoms with Gasteiger partial charge in [-0.1, -0.05) is 94.0 Å². The number of ether oxygens (including phenoxy) is 9. The molecule has 3 rings (SSSR count). The van der Waals surface area contributed by atoms with Gasteiger partial charge in [0, 0.05) is 18.9 Å². The van der Waals surface area contributed by atoms with Crippen molar-refractivity contribution in [2.45, 2.75) is 64.2 Å². The fourth-order valence-electron chi connectivity index (χ4n) is 5.81. The van der Waals surface area contributed by atoms with Gasteiger partial charge in [0.05, 0.1) is 92.5 Å². The van der Waals surface area contributed by atoms with E-state index in [0.717, 1.165) is 12.8 Å². The molecule has 0 aromatic heterocycles. The third-order valence-corrected chi connectivity index (χ3v) is 8.57. The standard InChI is InChI=1S/C41H63NO11/c1-2-3-4-5-6-7-8-17-40(43)52-33-32-51-31-30-50-29-28-49-27-26-48-25-24-47-23-22-46-21-20-45-19-18-42-41(44)53-34-39-37-15-11-9-13-35(37)36-14-10-12-16-38(36)39/h9-16,39H,2-8,17-34H2,1H3,(H,42,44). The van der Waals surface area contributed by atoms with Crippen molar-refractivity contribution in [1.29, 1.82) is 0 Å². The van der Waals surface area contributed by atoms with E-state index >= 15 is 0 Å². The van der Waals surface area contributed by atoms with Crippen molar-refractivity contribution in [3.8, 4) is 11.1 Å². The normalized spacial score (nSPS) is 12.1. The lowest BCUT2D eigenvalue weighted by molar-refractivity contribution is -0.145. The van der Waals surface area contributed by atoms with Crippen LogP contribution in [0.5, 0.6) is 0 Å². The molecule has 298 valence electrons. The molecule has 2 aromatic carbocycles. The number of benzene rings is 2. The molecule has 1 aliphatic carbocycles. The Morgan fingerprint density at radius 2 is 0.925 bits per heavy atom. The van der Waals surface area contributed by atoms with E-state index in [2.05, 4.69) is 36.5 Å². The highest BCUT2D eigenvalue weighted by Crippen LogP contribution is 2.44. The maximum Gasteiger partial charge on any atom is 0.407 e. The zero-order chi connectivity index (χ0) is 37.4. The van der Waals surface area contributed by atoms with Gasteiger partial charge in [-0.25, -0.2) is 4.79 Å². The molecule has 1 aliphatic rings. The average molecular weight is 746 g/mol. The Kier molecular flexibility index (Phi) is 25.3. The van der Waals surface area contributed by atoms with Gasteiger partial charge in [-0.3, -0.25) is 4.79 Å². The van der Waals surface area contributed by atoms with E-state index in [1.165, 1.54) is 54.4 Å². The van der Waals surface area contributed by atoms with Crippen LogP contribution in [0.25, 0.3) is 11.1 Å². The largest absolute Gasteiger partial charge is 0.463 e. The fourth-order valence-corrected chi connectivity index (χ4v) is 5.81. The Balaban J connectivity index is 0.968. The molecular weight excluding hydrogens is 682 g/mol. The number of rotatable bonds is 34. The van der Waals surface area contributed by atoms with Crippen LogP contribution >= 0.6 is 0 Å². The molecule has 1 amide bonds. The quantitative estimate of drug-likeness (QED) is 0.0638. The first-order valence-electron chi connectivity index (χ1n) is 19.5. The summed E-state index contributed by atoms with van der Waals surface area (Å²) in [5.74, 6) is -0.109. The summed E-state index contributed by atoms with van der Waals surface area (Å²) in [5, 5.41) is 2.74. The lowest BCUT2D eigenvalue weighted by Gasteiger charge is -2.14. The zero-order valence-corrected chi connectivity index (χ0v) is 31.9. The first-order valence-corrected chi connectivity index (χ1v) is 19.5. The van der Waals surface area contributed by atoms with Crippen molar-refractivity contribution in [3.05, 3.63) is 59.7 Å². The Morgan fingerprint density at radius 3 is 1.42 bits per heavy atom. The second-order valence-corrected chi connectivity index (χ2v) is 12.6. The number of nitrogens with one attached hydrogen (secondary N) is 1. The molecule has 0 saturated carbocycles. The van der Waals surface area contributed by atoms with Crippen LogP contribution in [0.4, 0.5) is 4.79 Å². The number of amides is 1. The Labute approximate surface area is 316 Å². The van der Waals surface area contributed by atoms with E-state index in [9.17, 15) is 9.59 Å². The van der Waals surface area contributed by atoms with Gasteiger partial charge >= 0.3 is 12.1 Å². The fraction of sp³-hybridized carbons (Fsp3) is 0.659. The molecule has 0 heterocycles. The van der Waals surface area contributed by atoms with Gasteiger partial charge in [-0.15, -0.1) is 0 Å². The van der Waals surface area contributed by atoms with Crippen LogP contribution in [-0.2, 0) is 47.4 Å². The van der Waals surface area contributed by atoms with Crippen LogP contribution in [0.15, 0.2) is 48.5 Å². The third-order valence-electron chi connectivity index (χ3n) is 8.57. The van der Waals surface area contributed by atoms with Crippen LogP contribution in [-0.4, -0.2) is 124 Å². The molecule has 0 aliphatic heterocycles. The summed E-state index contributed by atoms with van der Waals surface area (Å²) >= 11 is 0. The minimum atomic E-state index is -0.453. The van der Waals surface area contributed by atoms with Crippen LogP contribution in [0, 0.1) is 0 Å². The lowest BCUT2D eigenvalue weighted by atomic mass is 9.98. The highest BCUT2D eigenvalue weighted by atomic mass is 16.6. The molecule has 0 fully saturated rings. The van der Waals surface area contributed by atoms with E-state index < -0.39 is 6.09 Å². The number of unbranched alkanes of at least 4 members (excludes halogenated alkanes) is 6.